The van der Waals surface area contributed by atoms with Gasteiger partial charge in [0.15, 0.2) is 0 Å². The zero-order chi connectivity index (χ0) is 18.5. The molecule has 0 N–H and O–H groups in total. The van der Waals surface area contributed by atoms with Gasteiger partial charge < -0.3 is 14.2 Å². The van der Waals surface area contributed by atoms with Gasteiger partial charge in [0.25, 0.3) is 0 Å². The highest BCUT2D eigenvalue weighted by Gasteiger charge is 2.28. The SMILES string of the molecule is COc1ccccc1CN(C(=O)C[C@@H](C)n1ccnc1C)C1CCCC1. The molecule has 1 heterocycles. The molecule has 1 atom stereocenters. The predicted molar refractivity (Wildman–Crippen MR) is 102 cm³/mol. The molecule has 26 heavy (non-hydrogen) atoms. The topological polar surface area (TPSA) is 47.4 Å². The molecule has 1 aromatic carbocycles. The first-order valence-electron chi connectivity index (χ1n) is 9.51. The van der Waals surface area contributed by atoms with Gasteiger partial charge in [-0.1, -0.05) is 31.0 Å². The summed E-state index contributed by atoms with van der Waals surface area (Å²) in [5.41, 5.74) is 1.07. The van der Waals surface area contributed by atoms with Gasteiger partial charge in [-0.05, 0) is 32.8 Å². The molecule has 1 aliphatic carbocycles. The van der Waals surface area contributed by atoms with Crippen molar-refractivity contribution in [1.82, 2.24) is 14.5 Å². The molecule has 0 bridgehead atoms. The van der Waals surface area contributed by atoms with Crippen LogP contribution in [0.4, 0.5) is 0 Å². The molecule has 0 radical (unpaired) electrons. The van der Waals surface area contributed by atoms with Gasteiger partial charge >= 0.3 is 0 Å². The average molecular weight is 355 g/mol. The van der Waals surface area contributed by atoms with E-state index in [2.05, 4.69) is 27.4 Å². The highest BCUT2D eigenvalue weighted by Crippen LogP contribution is 2.29. The fraction of sp³-hybridized carbons (Fsp3) is 0.524. The molecule has 2 aromatic rings. The number of amides is 1. The second-order valence-electron chi connectivity index (χ2n) is 7.21. The lowest BCUT2D eigenvalue weighted by atomic mass is 10.1. The summed E-state index contributed by atoms with van der Waals surface area (Å²) in [6.45, 7) is 4.68. The van der Waals surface area contributed by atoms with Gasteiger partial charge in [-0.25, -0.2) is 4.98 Å². The van der Waals surface area contributed by atoms with Gasteiger partial charge in [0.1, 0.15) is 11.6 Å². The van der Waals surface area contributed by atoms with E-state index in [9.17, 15) is 4.79 Å². The van der Waals surface area contributed by atoms with Crippen molar-refractivity contribution in [1.29, 1.82) is 0 Å². The Labute approximate surface area is 156 Å². The smallest absolute Gasteiger partial charge is 0.225 e. The van der Waals surface area contributed by atoms with Crippen LogP contribution in [0.1, 0.15) is 56.5 Å². The summed E-state index contributed by atoms with van der Waals surface area (Å²) in [7, 11) is 1.68. The maximum absolute atomic E-state index is 13.2. The van der Waals surface area contributed by atoms with Crippen molar-refractivity contribution in [2.75, 3.05) is 7.11 Å². The zero-order valence-corrected chi connectivity index (χ0v) is 16.0. The summed E-state index contributed by atoms with van der Waals surface area (Å²) in [5, 5.41) is 0. The molecule has 0 saturated heterocycles. The van der Waals surface area contributed by atoms with Crippen LogP contribution < -0.4 is 4.74 Å². The van der Waals surface area contributed by atoms with Crippen molar-refractivity contribution in [2.24, 2.45) is 0 Å². The van der Waals surface area contributed by atoms with Crippen LogP contribution in [0.3, 0.4) is 0 Å². The Hall–Kier alpha value is -2.30. The van der Waals surface area contributed by atoms with Crippen molar-refractivity contribution in [2.45, 2.75) is 64.6 Å². The number of nitrogens with zero attached hydrogens (tertiary/aromatic N) is 3. The molecule has 140 valence electrons. The third-order valence-electron chi connectivity index (χ3n) is 5.43. The van der Waals surface area contributed by atoms with Crippen molar-refractivity contribution in [3.63, 3.8) is 0 Å². The van der Waals surface area contributed by atoms with E-state index >= 15 is 0 Å². The van der Waals surface area contributed by atoms with Crippen LogP contribution in [0, 0.1) is 6.92 Å². The Balaban J connectivity index is 1.77. The molecular weight excluding hydrogens is 326 g/mol. The molecule has 1 saturated carbocycles. The van der Waals surface area contributed by atoms with Crippen molar-refractivity contribution >= 4 is 5.91 Å². The van der Waals surface area contributed by atoms with Gasteiger partial charge in [-0.3, -0.25) is 4.79 Å². The molecule has 5 nitrogen and oxygen atoms in total. The molecule has 1 amide bonds. The quantitative estimate of drug-likeness (QED) is 0.750. The molecule has 0 unspecified atom stereocenters. The minimum absolute atomic E-state index is 0.103. The average Bonchev–Trinajstić information content (AvgIpc) is 3.31. The summed E-state index contributed by atoms with van der Waals surface area (Å²) in [6, 6.07) is 8.43. The maximum Gasteiger partial charge on any atom is 0.225 e. The molecule has 3 rings (SSSR count). The first-order chi connectivity index (χ1) is 12.6. The highest BCUT2D eigenvalue weighted by molar-refractivity contribution is 5.77. The number of hydrogen-bond donors (Lipinski definition) is 0. The number of carbonyl (C=O) groups excluding carboxylic acids is 1. The minimum atomic E-state index is 0.103. The van der Waals surface area contributed by atoms with Crippen LogP contribution in [0.15, 0.2) is 36.7 Å². The summed E-state index contributed by atoms with van der Waals surface area (Å²) >= 11 is 0. The van der Waals surface area contributed by atoms with Crippen molar-refractivity contribution in [3.8, 4) is 5.75 Å². The number of aromatic nitrogens is 2. The molecule has 0 spiro atoms. The second kappa shape index (κ2) is 8.39. The normalized spacial score (nSPS) is 15.8. The van der Waals surface area contributed by atoms with E-state index in [-0.39, 0.29) is 11.9 Å². The summed E-state index contributed by atoms with van der Waals surface area (Å²) in [5.74, 6) is 2.01. The van der Waals surface area contributed by atoms with Crippen LogP contribution in [0.5, 0.6) is 5.75 Å². The Kier molecular flexibility index (Phi) is 5.96. The number of hydrogen-bond acceptors (Lipinski definition) is 3. The van der Waals surface area contributed by atoms with Crippen LogP contribution >= 0.6 is 0 Å². The van der Waals surface area contributed by atoms with Crippen LogP contribution in [0.25, 0.3) is 0 Å². The molecule has 5 heteroatoms. The highest BCUT2D eigenvalue weighted by atomic mass is 16.5. The van der Waals surface area contributed by atoms with Gasteiger partial charge in [-0.2, -0.15) is 0 Å². The fourth-order valence-corrected chi connectivity index (χ4v) is 3.98. The Morgan fingerprint density at radius 3 is 2.73 bits per heavy atom. The van der Waals surface area contributed by atoms with E-state index in [4.69, 9.17) is 4.74 Å². The van der Waals surface area contributed by atoms with Gasteiger partial charge in [0, 0.05) is 43.0 Å². The largest absolute Gasteiger partial charge is 0.496 e. The third kappa shape index (κ3) is 4.09. The monoisotopic (exact) mass is 355 g/mol. The van der Waals surface area contributed by atoms with E-state index in [1.807, 2.05) is 31.3 Å². The molecule has 1 aliphatic rings. The van der Waals surface area contributed by atoms with Crippen LogP contribution in [-0.4, -0.2) is 33.5 Å². The number of methoxy groups -OCH3 is 1. The maximum atomic E-state index is 13.2. The molecule has 1 fully saturated rings. The molecule has 0 aliphatic heterocycles. The third-order valence-corrected chi connectivity index (χ3v) is 5.43. The van der Waals surface area contributed by atoms with Crippen LogP contribution in [-0.2, 0) is 11.3 Å². The first-order valence-corrected chi connectivity index (χ1v) is 9.51. The predicted octanol–water partition coefficient (Wildman–Crippen LogP) is 4.12. The number of aryl methyl sites for hydroxylation is 1. The zero-order valence-electron chi connectivity index (χ0n) is 16.0. The minimum Gasteiger partial charge on any atom is -0.496 e. The standard InChI is InChI=1S/C21H29N3O2/c1-16(23-13-12-22-17(23)2)14-21(25)24(19-9-5-6-10-19)15-18-8-4-7-11-20(18)26-3/h4,7-8,11-13,16,19H,5-6,9-10,14-15H2,1-3H3/t16-/m1/s1. The van der Waals surface area contributed by atoms with E-state index in [1.165, 1.54) is 12.8 Å². The lowest BCUT2D eigenvalue weighted by Crippen LogP contribution is -2.39. The lowest BCUT2D eigenvalue weighted by molar-refractivity contribution is -0.135. The number of para-hydroxylation sites is 1. The Morgan fingerprint density at radius 2 is 2.08 bits per heavy atom. The van der Waals surface area contributed by atoms with Crippen LogP contribution in [0.2, 0.25) is 0 Å². The van der Waals surface area contributed by atoms with E-state index in [1.54, 1.807) is 13.3 Å². The van der Waals surface area contributed by atoms with Gasteiger partial charge in [-0.15, -0.1) is 0 Å². The van der Waals surface area contributed by atoms with E-state index < -0.39 is 0 Å². The first kappa shape index (κ1) is 18.5. The van der Waals surface area contributed by atoms with E-state index in [0.717, 1.165) is 30.0 Å². The second-order valence-corrected chi connectivity index (χ2v) is 7.21. The number of carbonyl (C=O) groups is 1. The lowest BCUT2D eigenvalue weighted by Gasteiger charge is -2.31. The van der Waals surface area contributed by atoms with Gasteiger partial charge in [0.2, 0.25) is 5.91 Å². The number of benzene rings is 1. The van der Waals surface area contributed by atoms with Crippen molar-refractivity contribution in [3.05, 3.63) is 48.0 Å². The summed E-state index contributed by atoms with van der Waals surface area (Å²) < 4.78 is 7.57. The summed E-state index contributed by atoms with van der Waals surface area (Å²) in [4.78, 5) is 19.6. The summed E-state index contributed by atoms with van der Waals surface area (Å²) in [6.07, 6.45) is 8.84. The van der Waals surface area contributed by atoms with Crippen molar-refractivity contribution < 1.29 is 9.53 Å². The number of imidazole rings is 1. The number of ether oxygens (including phenoxy) is 1. The fourth-order valence-electron chi connectivity index (χ4n) is 3.98. The Morgan fingerprint density at radius 1 is 1.35 bits per heavy atom. The molecule has 1 aromatic heterocycles. The van der Waals surface area contributed by atoms with E-state index in [0.29, 0.717) is 19.0 Å². The number of rotatable bonds is 7. The Bertz CT molecular complexity index is 734. The molecular formula is C21H29N3O2. The van der Waals surface area contributed by atoms with Gasteiger partial charge in [0.05, 0.1) is 7.11 Å².